The van der Waals surface area contributed by atoms with Crippen molar-refractivity contribution in [2.75, 3.05) is 13.6 Å². The average Bonchev–Trinajstić information content (AvgIpc) is 2.97. The normalized spacial score (nSPS) is 22.9. The number of hydrogen-bond acceptors (Lipinski definition) is 3. The summed E-state index contributed by atoms with van der Waals surface area (Å²) in [5.74, 6) is -0.870. The van der Waals surface area contributed by atoms with Gasteiger partial charge in [0.1, 0.15) is 6.10 Å². The number of aliphatic hydroxyl groups excluding tert-OH is 1. The summed E-state index contributed by atoms with van der Waals surface area (Å²) in [6.45, 7) is 0.200. The van der Waals surface area contributed by atoms with Gasteiger partial charge in [-0.15, -0.1) is 35.3 Å². The van der Waals surface area contributed by atoms with Crippen LogP contribution in [0.25, 0.3) is 0 Å². The van der Waals surface area contributed by atoms with Crippen LogP contribution in [0.1, 0.15) is 36.7 Å². The van der Waals surface area contributed by atoms with Crippen molar-refractivity contribution in [2.24, 2.45) is 10.9 Å². The molecular formula is C15H22ClF3IN3OS. The molecule has 4 nitrogen and oxygen atoms in total. The summed E-state index contributed by atoms with van der Waals surface area (Å²) in [7, 11) is 1.55. The first-order chi connectivity index (χ1) is 11.3. The number of rotatable bonds is 4. The molecule has 0 amide bonds. The van der Waals surface area contributed by atoms with Crippen molar-refractivity contribution >= 4 is 52.9 Å². The molecule has 144 valence electrons. The number of guanidine groups is 1. The van der Waals surface area contributed by atoms with Crippen molar-refractivity contribution in [3.63, 3.8) is 0 Å². The number of aliphatic hydroxyl groups is 1. The molecular weight excluding hydrogens is 490 g/mol. The predicted molar refractivity (Wildman–Crippen MR) is 106 cm³/mol. The standard InChI is InChI=1S/C15H21ClF3N3OS.HI/c1-20-14(21-8-11(23)12-5-6-13(16)24-12)22-10-4-2-3-9(7-10)15(17,18)19;/h5-6,9-11,23H,2-4,7-8H2,1H3,(H2,20,21,22);1H. The van der Waals surface area contributed by atoms with Crippen molar-refractivity contribution in [1.82, 2.24) is 10.6 Å². The SMILES string of the molecule is CN=C(NCC(O)c1ccc(Cl)s1)NC1CCCC(C(F)(F)F)C1.I. The predicted octanol–water partition coefficient (Wildman–Crippen LogP) is 4.34. The number of thiophene rings is 1. The van der Waals surface area contributed by atoms with E-state index in [0.717, 1.165) is 4.88 Å². The molecule has 0 saturated heterocycles. The summed E-state index contributed by atoms with van der Waals surface area (Å²) in [6, 6.07) is 3.17. The summed E-state index contributed by atoms with van der Waals surface area (Å²) in [6.07, 6.45) is -3.45. The maximum atomic E-state index is 12.9. The first-order valence-corrected chi connectivity index (χ1v) is 8.96. The zero-order chi connectivity index (χ0) is 17.7. The van der Waals surface area contributed by atoms with E-state index >= 15 is 0 Å². The van der Waals surface area contributed by atoms with Gasteiger partial charge in [-0.25, -0.2) is 0 Å². The van der Waals surface area contributed by atoms with E-state index < -0.39 is 18.2 Å². The van der Waals surface area contributed by atoms with Crippen LogP contribution in [0.2, 0.25) is 4.34 Å². The minimum atomic E-state index is -4.15. The van der Waals surface area contributed by atoms with E-state index in [4.69, 9.17) is 11.6 Å². The first kappa shape index (κ1) is 22.8. The fourth-order valence-electron chi connectivity index (χ4n) is 2.81. The molecule has 1 saturated carbocycles. The van der Waals surface area contributed by atoms with Crippen LogP contribution in [0.5, 0.6) is 0 Å². The molecule has 1 aliphatic rings. The van der Waals surface area contributed by atoms with Crippen LogP contribution in [-0.4, -0.2) is 36.9 Å². The van der Waals surface area contributed by atoms with Gasteiger partial charge < -0.3 is 15.7 Å². The fraction of sp³-hybridized carbons (Fsp3) is 0.667. The van der Waals surface area contributed by atoms with Crippen LogP contribution in [-0.2, 0) is 0 Å². The zero-order valence-electron chi connectivity index (χ0n) is 13.6. The molecule has 1 aliphatic carbocycles. The Morgan fingerprint density at radius 1 is 1.44 bits per heavy atom. The van der Waals surface area contributed by atoms with Gasteiger partial charge in [-0.3, -0.25) is 4.99 Å². The van der Waals surface area contributed by atoms with E-state index in [9.17, 15) is 18.3 Å². The van der Waals surface area contributed by atoms with Crippen LogP contribution in [0.3, 0.4) is 0 Å². The van der Waals surface area contributed by atoms with E-state index in [0.29, 0.717) is 23.1 Å². The van der Waals surface area contributed by atoms with Crippen LogP contribution in [0.4, 0.5) is 13.2 Å². The smallest absolute Gasteiger partial charge is 0.386 e. The van der Waals surface area contributed by atoms with E-state index in [1.165, 1.54) is 11.3 Å². The fourth-order valence-corrected chi connectivity index (χ4v) is 3.85. The highest BCUT2D eigenvalue weighted by Gasteiger charge is 2.42. The number of nitrogens with zero attached hydrogens (tertiary/aromatic N) is 1. The molecule has 3 N–H and O–H groups in total. The maximum absolute atomic E-state index is 12.9. The van der Waals surface area contributed by atoms with Gasteiger partial charge in [0.05, 0.1) is 10.3 Å². The minimum Gasteiger partial charge on any atom is -0.386 e. The lowest BCUT2D eigenvalue weighted by atomic mass is 9.85. The Kier molecular flexibility index (Phi) is 9.27. The number of aliphatic imine (C=N–C) groups is 1. The third kappa shape index (κ3) is 7.10. The van der Waals surface area contributed by atoms with Crippen molar-refractivity contribution in [2.45, 2.75) is 44.0 Å². The van der Waals surface area contributed by atoms with E-state index in [1.807, 2.05) is 0 Å². The van der Waals surface area contributed by atoms with Gasteiger partial charge >= 0.3 is 6.18 Å². The second-order valence-corrected chi connectivity index (χ2v) is 7.60. The largest absolute Gasteiger partial charge is 0.391 e. The van der Waals surface area contributed by atoms with Crippen molar-refractivity contribution in [1.29, 1.82) is 0 Å². The molecule has 0 bridgehead atoms. The van der Waals surface area contributed by atoms with Crippen LogP contribution < -0.4 is 10.6 Å². The van der Waals surface area contributed by atoms with Gasteiger partial charge in [0.15, 0.2) is 5.96 Å². The van der Waals surface area contributed by atoms with Gasteiger partial charge in [0, 0.05) is 24.5 Å². The molecule has 0 radical (unpaired) electrons. The molecule has 2 rings (SSSR count). The molecule has 3 atom stereocenters. The van der Waals surface area contributed by atoms with Crippen LogP contribution in [0, 0.1) is 5.92 Å². The Labute approximate surface area is 171 Å². The highest BCUT2D eigenvalue weighted by molar-refractivity contribution is 14.0. The highest BCUT2D eigenvalue weighted by Crippen LogP contribution is 2.37. The van der Waals surface area contributed by atoms with Gasteiger partial charge in [-0.1, -0.05) is 18.0 Å². The highest BCUT2D eigenvalue weighted by atomic mass is 127. The monoisotopic (exact) mass is 511 g/mol. The summed E-state index contributed by atoms with van der Waals surface area (Å²) in [5, 5.41) is 16.1. The van der Waals surface area contributed by atoms with E-state index in [2.05, 4.69) is 15.6 Å². The molecule has 1 aromatic rings. The summed E-state index contributed by atoms with van der Waals surface area (Å²) >= 11 is 7.12. The second kappa shape index (κ2) is 10.2. The molecule has 25 heavy (non-hydrogen) atoms. The first-order valence-electron chi connectivity index (χ1n) is 7.76. The van der Waals surface area contributed by atoms with Crippen LogP contribution in [0.15, 0.2) is 17.1 Å². The van der Waals surface area contributed by atoms with Gasteiger partial charge in [-0.05, 0) is 31.4 Å². The van der Waals surface area contributed by atoms with Gasteiger partial charge in [0.25, 0.3) is 0 Å². The topological polar surface area (TPSA) is 56.7 Å². The van der Waals surface area contributed by atoms with Crippen molar-refractivity contribution < 1.29 is 18.3 Å². The second-order valence-electron chi connectivity index (χ2n) is 5.86. The third-order valence-corrected chi connectivity index (χ3v) is 5.42. The molecule has 1 heterocycles. The van der Waals surface area contributed by atoms with Gasteiger partial charge in [-0.2, -0.15) is 13.2 Å². The average molecular weight is 512 g/mol. The zero-order valence-corrected chi connectivity index (χ0v) is 17.5. The molecule has 10 heteroatoms. The third-order valence-electron chi connectivity index (χ3n) is 4.09. The molecule has 1 aromatic heterocycles. The molecule has 3 unspecified atom stereocenters. The number of hydrogen-bond donors (Lipinski definition) is 3. The Balaban J connectivity index is 0.00000312. The summed E-state index contributed by atoms with van der Waals surface area (Å²) in [4.78, 5) is 4.74. The Hall–Kier alpha value is -0.260. The Bertz CT molecular complexity index is 570. The number of nitrogens with one attached hydrogen (secondary N) is 2. The van der Waals surface area contributed by atoms with E-state index in [-0.39, 0.29) is 49.4 Å². The van der Waals surface area contributed by atoms with Crippen molar-refractivity contribution in [3.05, 3.63) is 21.3 Å². The van der Waals surface area contributed by atoms with Crippen molar-refractivity contribution in [3.8, 4) is 0 Å². The lowest BCUT2D eigenvalue weighted by molar-refractivity contribution is -0.183. The van der Waals surface area contributed by atoms with E-state index in [1.54, 1.807) is 19.2 Å². The lowest BCUT2D eigenvalue weighted by Crippen LogP contribution is -2.47. The molecule has 0 aromatic carbocycles. The quantitative estimate of drug-likeness (QED) is 0.320. The molecule has 1 fully saturated rings. The summed E-state index contributed by atoms with van der Waals surface area (Å²) in [5.41, 5.74) is 0. The minimum absolute atomic E-state index is 0. The lowest BCUT2D eigenvalue weighted by Gasteiger charge is -2.32. The number of halogens is 5. The van der Waals surface area contributed by atoms with Crippen LogP contribution >= 0.6 is 46.9 Å². The summed E-state index contributed by atoms with van der Waals surface area (Å²) < 4.78 is 39.2. The van der Waals surface area contributed by atoms with Gasteiger partial charge in [0.2, 0.25) is 0 Å². The number of alkyl halides is 3. The Morgan fingerprint density at radius 3 is 2.72 bits per heavy atom. The maximum Gasteiger partial charge on any atom is 0.391 e. The Morgan fingerprint density at radius 2 is 2.16 bits per heavy atom. The molecule has 0 aliphatic heterocycles. The molecule has 0 spiro atoms.